The Balaban J connectivity index is 1.86. The van der Waals surface area contributed by atoms with Crippen LogP contribution in [0.4, 0.5) is 5.00 Å². The second kappa shape index (κ2) is 4.21. The third-order valence-electron chi connectivity index (χ3n) is 2.73. The van der Waals surface area contributed by atoms with E-state index in [0.29, 0.717) is 6.04 Å². The van der Waals surface area contributed by atoms with Gasteiger partial charge in [0, 0.05) is 29.5 Å². The van der Waals surface area contributed by atoms with Crippen molar-refractivity contribution < 1.29 is 0 Å². The molecule has 0 spiro atoms. The Morgan fingerprint density at radius 2 is 2.36 bits per heavy atom. The van der Waals surface area contributed by atoms with Gasteiger partial charge < -0.3 is 10.6 Å². The van der Waals surface area contributed by atoms with Crippen molar-refractivity contribution in [3.63, 3.8) is 0 Å². The molecule has 0 saturated heterocycles. The third-order valence-corrected chi connectivity index (χ3v) is 4.54. The molecule has 1 aliphatic carbocycles. The molecule has 1 saturated carbocycles. The van der Waals surface area contributed by atoms with Crippen molar-refractivity contribution in [3.05, 3.63) is 15.9 Å². The maximum Gasteiger partial charge on any atom is 0.0917 e. The number of thiophene rings is 1. The standard InChI is InChI=1S/C10H15BrN2S/c1-13(5-7-2-9(12)3-7)10-4-8(11)6-14-10/h4,6-7,9H,2-3,5,12H2,1H3. The monoisotopic (exact) mass is 274 g/mol. The average molecular weight is 275 g/mol. The summed E-state index contributed by atoms with van der Waals surface area (Å²) in [6.45, 7) is 1.14. The molecule has 2 N–H and O–H groups in total. The van der Waals surface area contributed by atoms with Crippen LogP contribution in [0.25, 0.3) is 0 Å². The molecular weight excluding hydrogens is 260 g/mol. The molecule has 2 rings (SSSR count). The lowest BCUT2D eigenvalue weighted by Gasteiger charge is -2.35. The van der Waals surface area contributed by atoms with Crippen LogP contribution < -0.4 is 10.6 Å². The highest BCUT2D eigenvalue weighted by atomic mass is 79.9. The van der Waals surface area contributed by atoms with Gasteiger partial charge in [-0.05, 0) is 40.8 Å². The first-order valence-electron chi connectivity index (χ1n) is 4.86. The fourth-order valence-electron chi connectivity index (χ4n) is 1.92. The Bertz CT molecular complexity index is 307. The molecule has 1 fully saturated rings. The molecule has 0 amide bonds. The van der Waals surface area contributed by atoms with E-state index < -0.39 is 0 Å². The number of hydrogen-bond acceptors (Lipinski definition) is 3. The first kappa shape index (κ1) is 10.5. The summed E-state index contributed by atoms with van der Waals surface area (Å²) in [5.74, 6) is 0.802. The van der Waals surface area contributed by atoms with Crippen LogP contribution in [0.15, 0.2) is 15.9 Å². The Kier molecular flexibility index (Phi) is 3.14. The van der Waals surface area contributed by atoms with Crippen LogP contribution >= 0.6 is 27.3 Å². The van der Waals surface area contributed by atoms with E-state index in [1.807, 2.05) is 0 Å². The van der Waals surface area contributed by atoms with E-state index in [-0.39, 0.29) is 0 Å². The molecule has 4 heteroatoms. The minimum absolute atomic E-state index is 0.462. The molecule has 0 aromatic carbocycles. The van der Waals surface area contributed by atoms with E-state index in [1.54, 1.807) is 11.3 Å². The van der Waals surface area contributed by atoms with Crippen molar-refractivity contribution >= 4 is 32.3 Å². The lowest BCUT2D eigenvalue weighted by Crippen LogP contribution is -2.41. The van der Waals surface area contributed by atoms with E-state index in [1.165, 1.54) is 22.3 Å². The van der Waals surface area contributed by atoms with Gasteiger partial charge in [-0.15, -0.1) is 11.3 Å². The number of anilines is 1. The minimum Gasteiger partial charge on any atom is -0.366 e. The number of rotatable bonds is 3. The van der Waals surface area contributed by atoms with Crippen LogP contribution in [0.3, 0.4) is 0 Å². The van der Waals surface area contributed by atoms with Gasteiger partial charge in [-0.25, -0.2) is 0 Å². The number of nitrogens with two attached hydrogens (primary N) is 1. The van der Waals surface area contributed by atoms with Crippen molar-refractivity contribution in [1.82, 2.24) is 0 Å². The highest BCUT2D eigenvalue weighted by molar-refractivity contribution is 9.10. The minimum atomic E-state index is 0.462. The highest BCUT2D eigenvalue weighted by Gasteiger charge is 2.26. The smallest absolute Gasteiger partial charge is 0.0917 e. The van der Waals surface area contributed by atoms with Crippen LogP contribution in [-0.4, -0.2) is 19.6 Å². The van der Waals surface area contributed by atoms with Gasteiger partial charge in [0.2, 0.25) is 0 Å². The lowest BCUT2D eigenvalue weighted by molar-refractivity contribution is 0.271. The Morgan fingerprint density at radius 3 is 2.86 bits per heavy atom. The Hall–Kier alpha value is -0.0600. The van der Waals surface area contributed by atoms with Gasteiger partial charge in [0.1, 0.15) is 0 Å². The zero-order valence-electron chi connectivity index (χ0n) is 8.24. The van der Waals surface area contributed by atoms with E-state index in [0.717, 1.165) is 12.5 Å². The molecule has 0 unspecified atom stereocenters. The van der Waals surface area contributed by atoms with Gasteiger partial charge >= 0.3 is 0 Å². The van der Waals surface area contributed by atoms with Crippen molar-refractivity contribution in [3.8, 4) is 0 Å². The first-order valence-corrected chi connectivity index (χ1v) is 6.53. The van der Waals surface area contributed by atoms with E-state index >= 15 is 0 Å². The molecule has 1 heterocycles. The van der Waals surface area contributed by atoms with Gasteiger partial charge in [0.15, 0.2) is 0 Å². The van der Waals surface area contributed by atoms with Crippen LogP contribution in [-0.2, 0) is 0 Å². The maximum absolute atomic E-state index is 5.76. The van der Waals surface area contributed by atoms with Crippen LogP contribution in [0, 0.1) is 5.92 Å². The summed E-state index contributed by atoms with van der Waals surface area (Å²) < 4.78 is 1.18. The van der Waals surface area contributed by atoms with Crippen molar-refractivity contribution in [1.29, 1.82) is 0 Å². The van der Waals surface area contributed by atoms with Gasteiger partial charge in [-0.1, -0.05) is 0 Å². The normalized spacial score (nSPS) is 25.9. The summed E-state index contributed by atoms with van der Waals surface area (Å²) in [5, 5.41) is 3.45. The summed E-state index contributed by atoms with van der Waals surface area (Å²) in [6.07, 6.45) is 2.38. The molecule has 0 aliphatic heterocycles. The lowest BCUT2D eigenvalue weighted by atomic mass is 9.81. The molecule has 1 aromatic rings. The molecule has 1 aromatic heterocycles. The van der Waals surface area contributed by atoms with Gasteiger partial charge in [-0.3, -0.25) is 0 Å². The van der Waals surface area contributed by atoms with Crippen molar-refractivity contribution in [2.24, 2.45) is 11.7 Å². The SMILES string of the molecule is CN(CC1CC(N)C1)c1cc(Br)cs1. The zero-order valence-corrected chi connectivity index (χ0v) is 10.6. The molecule has 0 bridgehead atoms. The number of nitrogens with zero attached hydrogens (tertiary/aromatic N) is 1. The topological polar surface area (TPSA) is 29.3 Å². The molecule has 1 aliphatic rings. The number of hydrogen-bond donors (Lipinski definition) is 1. The van der Waals surface area contributed by atoms with Crippen molar-refractivity contribution in [2.45, 2.75) is 18.9 Å². The zero-order chi connectivity index (χ0) is 10.1. The highest BCUT2D eigenvalue weighted by Crippen LogP contribution is 2.31. The summed E-state index contributed by atoms with van der Waals surface area (Å²) in [5.41, 5.74) is 5.76. The summed E-state index contributed by atoms with van der Waals surface area (Å²) in [4.78, 5) is 2.33. The Labute approximate surface area is 97.2 Å². The quantitative estimate of drug-likeness (QED) is 0.919. The molecular formula is C10H15BrN2S. The summed E-state index contributed by atoms with van der Waals surface area (Å²) in [6, 6.07) is 2.63. The molecule has 0 atom stereocenters. The van der Waals surface area contributed by atoms with E-state index in [2.05, 4.69) is 39.3 Å². The number of halogens is 1. The average Bonchev–Trinajstić information content (AvgIpc) is 2.49. The molecule has 14 heavy (non-hydrogen) atoms. The Morgan fingerprint density at radius 1 is 1.64 bits per heavy atom. The largest absolute Gasteiger partial charge is 0.366 e. The molecule has 2 nitrogen and oxygen atoms in total. The molecule has 0 radical (unpaired) electrons. The van der Waals surface area contributed by atoms with E-state index in [9.17, 15) is 0 Å². The second-order valence-corrected chi connectivity index (χ2v) is 5.89. The third kappa shape index (κ3) is 2.30. The first-order chi connectivity index (χ1) is 6.65. The van der Waals surface area contributed by atoms with Crippen LogP contribution in [0.2, 0.25) is 0 Å². The maximum atomic E-state index is 5.76. The fraction of sp³-hybridized carbons (Fsp3) is 0.600. The van der Waals surface area contributed by atoms with Crippen LogP contribution in [0.5, 0.6) is 0 Å². The second-order valence-electron chi connectivity index (χ2n) is 4.08. The predicted molar refractivity (Wildman–Crippen MR) is 66.0 cm³/mol. The van der Waals surface area contributed by atoms with E-state index in [4.69, 9.17) is 5.73 Å². The van der Waals surface area contributed by atoms with Gasteiger partial charge in [0.25, 0.3) is 0 Å². The van der Waals surface area contributed by atoms with Gasteiger partial charge in [0.05, 0.1) is 5.00 Å². The van der Waals surface area contributed by atoms with Gasteiger partial charge in [-0.2, -0.15) is 0 Å². The summed E-state index contributed by atoms with van der Waals surface area (Å²) >= 11 is 5.25. The van der Waals surface area contributed by atoms with Crippen molar-refractivity contribution in [2.75, 3.05) is 18.5 Å². The van der Waals surface area contributed by atoms with Crippen LogP contribution in [0.1, 0.15) is 12.8 Å². The predicted octanol–water partition coefficient (Wildman–Crippen LogP) is 2.68. The fourth-order valence-corrected chi connectivity index (χ4v) is 3.32. The summed E-state index contributed by atoms with van der Waals surface area (Å²) in [7, 11) is 2.15. The molecule has 78 valence electrons.